The van der Waals surface area contributed by atoms with Gasteiger partial charge in [-0.25, -0.2) is 8.42 Å². The summed E-state index contributed by atoms with van der Waals surface area (Å²) in [4.78, 5) is 11.2. The Labute approximate surface area is 135 Å². The molecule has 0 saturated heterocycles. The molecule has 2 N–H and O–H groups in total. The highest BCUT2D eigenvalue weighted by Crippen LogP contribution is 2.26. The number of carbonyl (C=O) groups is 1. The van der Waals surface area contributed by atoms with Crippen molar-refractivity contribution < 1.29 is 18.3 Å². The van der Waals surface area contributed by atoms with Crippen LogP contribution < -0.4 is 4.72 Å². The third kappa shape index (κ3) is 4.28. The molecule has 0 bridgehead atoms. The van der Waals surface area contributed by atoms with Crippen LogP contribution in [-0.4, -0.2) is 25.5 Å². The minimum atomic E-state index is -3.92. The lowest BCUT2D eigenvalue weighted by molar-refractivity contribution is -0.140. The van der Waals surface area contributed by atoms with E-state index in [1.54, 1.807) is 19.1 Å². The van der Waals surface area contributed by atoms with E-state index in [1.807, 2.05) is 6.92 Å². The van der Waals surface area contributed by atoms with Gasteiger partial charge in [-0.05, 0) is 40.0 Å². The molecule has 0 fully saturated rings. The number of carboxylic acids is 1. The fourth-order valence-electron chi connectivity index (χ4n) is 1.56. The predicted octanol–water partition coefficient (Wildman–Crippen LogP) is 2.99. The molecule has 20 heavy (non-hydrogen) atoms. The first-order valence-electron chi connectivity index (χ1n) is 5.89. The summed E-state index contributed by atoms with van der Waals surface area (Å²) in [5, 5.41) is 9.16. The maximum absolute atomic E-state index is 12.3. The lowest BCUT2D eigenvalue weighted by atomic mass is 10.0. The molecule has 2 unspecified atom stereocenters. The Hall–Kier alpha value is -0.440. The van der Waals surface area contributed by atoms with Gasteiger partial charge in [0.25, 0.3) is 0 Å². The summed E-state index contributed by atoms with van der Waals surface area (Å²) in [6, 6.07) is 3.53. The molecule has 0 heterocycles. The Balaban J connectivity index is 3.16. The molecule has 0 saturated carbocycles. The molecule has 0 spiro atoms. The largest absolute Gasteiger partial charge is 0.480 e. The van der Waals surface area contributed by atoms with E-state index >= 15 is 0 Å². The highest BCUT2D eigenvalue weighted by Gasteiger charge is 2.30. The van der Waals surface area contributed by atoms with Gasteiger partial charge in [0.15, 0.2) is 0 Å². The molecular weight excluding hydrogens is 414 g/mol. The van der Waals surface area contributed by atoms with Crippen LogP contribution in [0.15, 0.2) is 32.0 Å². The Morgan fingerprint density at radius 1 is 1.40 bits per heavy atom. The molecule has 0 aliphatic carbocycles. The van der Waals surface area contributed by atoms with E-state index in [9.17, 15) is 13.2 Å². The zero-order valence-corrected chi connectivity index (χ0v) is 14.9. The minimum Gasteiger partial charge on any atom is -0.480 e. The predicted molar refractivity (Wildman–Crippen MR) is 83.0 cm³/mol. The van der Waals surface area contributed by atoms with Crippen molar-refractivity contribution in [3.05, 3.63) is 27.1 Å². The minimum absolute atomic E-state index is 0.00132. The molecule has 5 nitrogen and oxygen atoms in total. The summed E-state index contributed by atoms with van der Waals surface area (Å²) in [6.07, 6.45) is 0.555. The Kier molecular flexibility index (Phi) is 6.18. The van der Waals surface area contributed by atoms with E-state index < -0.39 is 22.0 Å². The van der Waals surface area contributed by atoms with Crippen molar-refractivity contribution in [1.29, 1.82) is 0 Å². The summed E-state index contributed by atoms with van der Waals surface area (Å²) in [5.41, 5.74) is 0. The first kappa shape index (κ1) is 17.6. The summed E-state index contributed by atoms with van der Waals surface area (Å²) in [5.74, 6) is -1.50. The summed E-state index contributed by atoms with van der Waals surface area (Å²) >= 11 is 6.36. The number of halogens is 2. The van der Waals surface area contributed by atoms with Gasteiger partial charge in [0.2, 0.25) is 10.0 Å². The molecule has 1 aromatic carbocycles. The van der Waals surface area contributed by atoms with E-state index in [2.05, 4.69) is 36.6 Å². The van der Waals surface area contributed by atoms with Gasteiger partial charge in [-0.3, -0.25) is 4.79 Å². The zero-order chi connectivity index (χ0) is 15.5. The van der Waals surface area contributed by atoms with E-state index in [4.69, 9.17) is 5.11 Å². The van der Waals surface area contributed by atoms with Gasteiger partial charge < -0.3 is 5.11 Å². The van der Waals surface area contributed by atoms with E-state index in [1.165, 1.54) is 6.07 Å². The van der Waals surface area contributed by atoms with E-state index in [-0.39, 0.29) is 10.8 Å². The third-order valence-corrected chi connectivity index (χ3v) is 5.87. The second-order valence-electron chi connectivity index (χ2n) is 4.40. The second-order valence-corrected chi connectivity index (χ2v) is 7.85. The summed E-state index contributed by atoms with van der Waals surface area (Å²) < 4.78 is 27.9. The molecule has 0 aromatic heterocycles. The Morgan fingerprint density at radius 2 is 2.00 bits per heavy atom. The van der Waals surface area contributed by atoms with Crippen molar-refractivity contribution in [3.8, 4) is 0 Å². The van der Waals surface area contributed by atoms with Crippen molar-refractivity contribution in [2.75, 3.05) is 0 Å². The first-order chi connectivity index (χ1) is 9.19. The first-order valence-corrected chi connectivity index (χ1v) is 8.96. The molecule has 8 heteroatoms. The SMILES string of the molecule is CCC(C)C(NS(=O)(=O)c1cc(Br)ccc1Br)C(=O)O. The summed E-state index contributed by atoms with van der Waals surface area (Å²) in [7, 11) is -3.92. The van der Waals surface area contributed by atoms with Crippen LogP contribution in [0.2, 0.25) is 0 Å². The highest BCUT2D eigenvalue weighted by atomic mass is 79.9. The van der Waals surface area contributed by atoms with Crippen LogP contribution in [0.4, 0.5) is 0 Å². The third-order valence-electron chi connectivity index (χ3n) is 2.94. The van der Waals surface area contributed by atoms with Crippen LogP contribution in [0, 0.1) is 5.92 Å². The van der Waals surface area contributed by atoms with Crippen LogP contribution in [0.25, 0.3) is 0 Å². The van der Waals surface area contributed by atoms with Crippen molar-refractivity contribution >= 4 is 47.9 Å². The van der Waals surface area contributed by atoms with Crippen molar-refractivity contribution in [2.45, 2.75) is 31.2 Å². The highest BCUT2D eigenvalue weighted by molar-refractivity contribution is 9.11. The van der Waals surface area contributed by atoms with Crippen LogP contribution in [0.3, 0.4) is 0 Å². The standard InChI is InChI=1S/C12H15Br2NO4S/c1-3-7(2)11(12(16)17)15-20(18,19)10-6-8(13)4-5-9(10)14/h4-7,11,15H,3H2,1-2H3,(H,16,17). The fourth-order valence-corrected chi connectivity index (χ4v) is 4.36. The average molecular weight is 429 g/mol. The maximum atomic E-state index is 12.3. The molecular formula is C12H15Br2NO4S. The monoisotopic (exact) mass is 427 g/mol. The van der Waals surface area contributed by atoms with Crippen LogP contribution in [-0.2, 0) is 14.8 Å². The van der Waals surface area contributed by atoms with Gasteiger partial charge in [-0.2, -0.15) is 4.72 Å². The van der Waals surface area contributed by atoms with Crippen LogP contribution in [0.5, 0.6) is 0 Å². The summed E-state index contributed by atoms with van der Waals surface area (Å²) in [6.45, 7) is 3.50. The molecule has 0 aliphatic rings. The molecule has 1 rings (SSSR count). The van der Waals surface area contributed by atoms with E-state index in [0.717, 1.165) is 0 Å². The molecule has 112 valence electrons. The number of sulfonamides is 1. The lowest BCUT2D eigenvalue weighted by Crippen LogP contribution is -2.44. The van der Waals surface area contributed by atoms with Gasteiger partial charge in [0.1, 0.15) is 6.04 Å². The number of hydrogen-bond donors (Lipinski definition) is 2. The maximum Gasteiger partial charge on any atom is 0.322 e. The van der Waals surface area contributed by atoms with Crippen molar-refractivity contribution in [2.24, 2.45) is 5.92 Å². The number of hydrogen-bond acceptors (Lipinski definition) is 3. The van der Waals surface area contributed by atoms with Crippen molar-refractivity contribution in [3.63, 3.8) is 0 Å². The van der Waals surface area contributed by atoms with Gasteiger partial charge in [0.05, 0.1) is 4.90 Å². The number of nitrogens with one attached hydrogen (secondary N) is 1. The topological polar surface area (TPSA) is 83.5 Å². The average Bonchev–Trinajstić information content (AvgIpc) is 2.37. The fraction of sp³-hybridized carbons (Fsp3) is 0.417. The smallest absolute Gasteiger partial charge is 0.322 e. The molecule has 2 atom stereocenters. The van der Waals surface area contributed by atoms with Crippen LogP contribution >= 0.6 is 31.9 Å². The molecule has 0 amide bonds. The molecule has 0 radical (unpaired) electrons. The van der Waals surface area contributed by atoms with E-state index in [0.29, 0.717) is 15.4 Å². The quantitative estimate of drug-likeness (QED) is 0.729. The molecule has 0 aliphatic heterocycles. The number of aliphatic carboxylic acids is 1. The van der Waals surface area contributed by atoms with Gasteiger partial charge in [-0.15, -0.1) is 0 Å². The molecule has 1 aromatic rings. The normalized spacial score (nSPS) is 14.8. The van der Waals surface area contributed by atoms with Gasteiger partial charge >= 0.3 is 5.97 Å². The number of carboxylic acid groups (broad SMARTS) is 1. The Bertz CT molecular complexity index is 603. The number of rotatable bonds is 6. The Morgan fingerprint density at radius 3 is 2.50 bits per heavy atom. The zero-order valence-electron chi connectivity index (χ0n) is 10.9. The lowest BCUT2D eigenvalue weighted by Gasteiger charge is -2.20. The number of benzene rings is 1. The van der Waals surface area contributed by atoms with Gasteiger partial charge in [0, 0.05) is 8.95 Å². The van der Waals surface area contributed by atoms with Crippen LogP contribution in [0.1, 0.15) is 20.3 Å². The van der Waals surface area contributed by atoms with Gasteiger partial charge in [-0.1, -0.05) is 36.2 Å². The second kappa shape index (κ2) is 7.02. The van der Waals surface area contributed by atoms with Crippen molar-refractivity contribution in [1.82, 2.24) is 4.72 Å².